The lowest BCUT2D eigenvalue weighted by Gasteiger charge is -2.16. The third-order valence-corrected chi connectivity index (χ3v) is 3.61. The topological polar surface area (TPSA) is 20.7 Å². The summed E-state index contributed by atoms with van der Waals surface area (Å²) in [6, 6.07) is 8.28. The number of para-hydroxylation sites is 2. The average Bonchev–Trinajstić information content (AvgIpc) is 2.55. The number of imidazole rings is 1. The first-order valence-corrected chi connectivity index (χ1v) is 6.18. The molecular weight excluding hydrogens is 216 g/mol. The Balaban J connectivity index is 2.44. The monoisotopic (exact) mass is 234 g/mol. The molecule has 1 aromatic carbocycles. The minimum atomic E-state index is 0.630. The molecule has 1 heterocycles. The molecule has 0 amide bonds. The molecule has 1 aromatic heterocycles. The first-order chi connectivity index (χ1) is 7.59. The summed E-state index contributed by atoms with van der Waals surface area (Å²) in [6.07, 6.45) is 0. The van der Waals surface area contributed by atoms with Crippen molar-refractivity contribution < 1.29 is 0 Å². The molecule has 0 spiro atoms. The van der Waals surface area contributed by atoms with Gasteiger partial charge in [-0.15, -0.1) is 0 Å². The zero-order valence-corrected chi connectivity index (χ0v) is 10.8. The molecule has 0 saturated carbocycles. The molecule has 0 aliphatic carbocycles. The Hall–Kier alpha value is -1.09. The van der Waals surface area contributed by atoms with Gasteiger partial charge in [0, 0.05) is 6.54 Å². The SMILES string of the molecule is CC(C)C(C)Cn1c(=S)[nH]c2ccccc21. The van der Waals surface area contributed by atoms with E-state index in [0.29, 0.717) is 11.8 Å². The van der Waals surface area contributed by atoms with Crippen LogP contribution in [0.4, 0.5) is 0 Å². The Labute approximate surface area is 101 Å². The molecule has 3 heteroatoms. The van der Waals surface area contributed by atoms with Crippen molar-refractivity contribution in [3.05, 3.63) is 29.0 Å². The second-order valence-electron chi connectivity index (χ2n) is 4.78. The quantitative estimate of drug-likeness (QED) is 0.796. The molecule has 86 valence electrons. The van der Waals surface area contributed by atoms with Gasteiger partial charge >= 0.3 is 0 Å². The van der Waals surface area contributed by atoms with Gasteiger partial charge in [-0.05, 0) is 36.2 Å². The van der Waals surface area contributed by atoms with Gasteiger partial charge in [-0.2, -0.15) is 0 Å². The Morgan fingerprint density at radius 3 is 2.62 bits per heavy atom. The summed E-state index contributed by atoms with van der Waals surface area (Å²) in [5, 5.41) is 0. The van der Waals surface area contributed by atoms with Gasteiger partial charge in [0.2, 0.25) is 0 Å². The summed E-state index contributed by atoms with van der Waals surface area (Å²) < 4.78 is 3.03. The molecule has 1 N–H and O–H groups in total. The van der Waals surface area contributed by atoms with Gasteiger partial charge in [0.15, 0.2) is 4.77 Å². The molecule has 0 aliphatic heterocycles. The summed E-state index contributed by atoms with van der Waals surface area (Å²) in [4.78, 5) is 3.25. The summed E-state index contributed by atoms with van der Waals surface area (Å²) in [6.45, 7) is 7.76. The standard InChI is InChI=1S/C13H18N2S/c1-9(2)10(3)8-15-12-7-5-4-6-11(12)14-13(15)16/h4-7,9-10H,8H2,1-3H3,(H,14,16). The van der Waals surface area contributed by atoms with Crippen LogP contribution in [0.1, 0.15) is 20.8 Å². The van der Waals surface area contributed by atoms with E-state index in [1.165, 1.54) is 5.52 Å². The second-order valence-corrected chi connectivity index (χ2v) is 5.17. The van der Waals surface area contributed by atoms with Crippen molar-refractivity contribution in [3.63, 3.8) is 0 Å². The fraction of sp³-hybridized carbons (Fsp3) is 0.462. The average molecular weight is 234 g/mol. The van der Waals surface area contributed by atoms with Crippen molar-refractivity contribution in [2.24, 2.45) is 11.8 Å². The van der Waals surface area contributed by atoms with Crippen LogP contribution in [-0.4, -0.2) is 9.55 Å². The summed E-state index contributed by atoms with van der Waals surface area (Å²) in [5.41, 5.74) is 2.34. The Morgan fingerprint density at radius 2 is 1.94 bits per heavy atom. The smallest absolute Gasteiger partial charge is 0.178 e. The Bertz CT molecular complexity index is 536. The van der Waals surface area contributed by atoms with Crippen LogP contribution in [0.25, 0.3) is 11.0 Å². The maximum atomic E-state index is 5.37. The lowest BCUT2D eigenvalue weighted by molar-refractivity contribution is 0.367. The van der Waals surface area contributed by atoms with Crippen LogP contribution in [-0.2, 0) is 6.54 Å². The maximum absolute atomic E-state index is 5.37. The first kappa shape index (κ1) is 11.4. The zero-order chi connectivity index (χ0) is 11.7. The van der Waals surface area contributed by atoms with Gasteiger partial charge in [-0.3, -0.25) is 0 Å². The van der Waals surface area contributed by atoms with E-state index in [4.69, 9.17) is 12.2 Å². The van der Waals surface area contributed by atoms with E-state index in [1.807, 2.05) is 6.07 Å². The fourth-order valence-electron chi connectivity index (χ4n) is 1.79. The van der Waals surface area contributed by atoms with Crippen molar-refractivity contribution in [1.82, 2.24) is 9.55 Å². The third-order valence-electron chi connectivity index (χ3n) is 3.29. The second kappa shape index (κ2) is 4.42. The first-order valence-electron chi connectivity index (χ1n) is 5.77. The molecule has 2 aromatic rings. The van der Waals surface area contributed by atoms with Gasteiger partial charge in [0.25, 0.3) is 0 Å². The van der Waals surface area contributed by atoms with E-state index in [1.54, 1.807) is 0 Å². The number of hydrogen-bond donors (Lipinski definition) is 1. The fourth-order valence-corrected chi connectivity index (χ4v) is 2.07. The number of aromatic amines is 1. The third kappa shape index (κ3) is 2.05. The molecule has 0 bridgehead atoms. The number of rotatable bonds is 3. The highest BCUT2D eigenvalue weighted by Gasteiger charge is 2.10. The molecule has 16 heavy (non-hydrogen) atoms. The van der Waals surface area contributed by atoms with Crippen molar-refractivity contribution in [2.45, 2.75) is 27.3 Å². The van der Waals surface area contributed by atoms with Gasteiger partial charge in [-0.25, -0.2) is 0 Å². The molecule has 0 saturated heterocycles. The van der Waals surface area contributed by atoms with Gasteiger partial charge in [0.05, 0.1) is 11.0 Å². The van der Waals surface area contributed by atoms with Crippen LogP contribution in [0.3, 0.4) is 0 Å². The van der Waals surface area contributed by atoms with Crippen LogP contribution in [0, 0.1) is 16.6 Å². The van der Waals surface area contributed by atoms with Crippen molar-refractivity contribution in [2.75, 3.05) is 0 Å². The van der Waals surface area contributed by atoms with Crippen LogP contribution in [0.2, 0.25) is 0 Å². The number of H-pyrrole nitrogens is 1. The summed E-state index contributed by atoms with van der Waals surface area (Å²) in [5.74, 6) is 1.31. The van der Waals surface area contributed by atoms with Crippen LogP contribution < -0.4 is 0 Å². The molecular formula is C13H18N2S. The molecule has 2 rings (SSSR count). The van der Waals surface area contributed by atoms with Crippen LogP contribution in [0.5, 0.6) is 0 Å². The molecule has 0 aliphatic rings. The van der Waals surface area contributed by atoms with Crippen molar-refractivity contribution in [3.8, 4) is 0 Å². The predicted octanol–water partition coefficient (Wildman–Crippen LogP) is 3.99. The number of benzene rings is 1. The Kier molecular flexibility index (Phi) is 3.15. The van der Waals surface area contributed by atoms with Crippen molar-refractivity contribution in [1.29, 1.82) is 0 Å². The number of aromatic nitrogens is 2. The normalized spacial score (nSPS) is 13.5. The van der Waals surface area contributed by atoms with E-state index < -0.39 is 0 Å². The van der Waals surface area contributed by atoms with E-state index in [-0.39, 0.29) is 0 Å². The van der Waals surface area contributed by atoms with Gasteiger partial charge in [-0.1, -0.05) is 32.9 Å². The number of fused-ring (bicyclic) bond motifs is 1. The van der Waals surface area contributed by atoms with E-state index >= 15 is 0 Å². The summed E-state index contributed by atoms with van der Waals surface area (Å²) >= 11 is 5.37. The molecule has 1 unspecified atom stereocenters. The number of nitrogens with one attached hydrogen (secondary N) is 1. The minimum Gasteiger partial charge on any atom is -0.331 e. The maximum Gasteiger partial charge on any atom is 0.178 e. The molecule has 1 atom stereocenters. The van der Waals surface area contributed by atoms with E-state index in [9.17, 15) is 0 Å². The van der Waals surface area contributed by atoms with Gasteiger partial charge < -0.3 is 9.55 Å². The van der Waals surface area contributed by atoms with Crippen LogP contribution in [0.15, 0.2) is 24.3 Å². The highest BCUT2D eigenvalue weighted by molar-refractivity contribution is 7.71. The molecule has 0 radical (unpaired) electrons. The number of nitrogens with zero attached hydrogens (tertiary/aromatic N) is 1. The molecule has 0 fully saturated rings. The highest BCUT2D eigenvalue weighted by atomic mass is 32.1. The highest BCUT2D eigenvalue weighted by Crippen LogP contribution is 2.18. The van der Waals surface area contributed by atoms with E-state index in [0.717, 1.165) is 16.8 Å². The summed E-state index contributed by atoms with van der Waals surface area (Å²) in [7, 11) is 0. The molecule has 2 nitrogen and oxygen atoms in total. The number of hydrogen-bond acceptors (Lipinski definition) is 1. The van der Waals surface area contributed by atoms with E-state index in [2.05, 4.69) is 48.5 Å². The zero-order valence-electron chi connectivity index (χ0n) is 10.0. The van der Waals surface area contributed by atoms with Crippen LogP contribution >= 0.6 is 12.2 Å². The minimum absolute atomic E-state index is 0.630. The lowest BCUT2D eigenvalue weighted by Crippen LogP contribution is -2.12. The lowest BCUT2D eigenvalue weighted by atomic mass is 9.98. The van der Waals surface area contributed by atoms with Gasteiger partial charge in [0.1, 0.15) is 0 Å². The predicted molar refractivity (Wildman–Crippen MR) is 71.1 cm³/mol. The largest absolute Gasteiger partial charge is 0.331 e. The van der Waals surface area contributed by atoms with Crippen molar-refractivity contribution >= 4 is 23.3 Å². The Morgan fingerprint density at radius 1 is 1.25 bits per heavy atom.